The maximum atomic E-state index is 10.1. The molecule has 3 heteroatoms. The molecule has 0 fully saturated rings. The molecule has 1 unspecified atom stereocenters. The molecule has 0 amide bonds. The standard InChI is InChI=1S/C11H18NO.HI/c1-9(2)11(3,13)10-5-7-12(4)8-6-10;/h5-9,13H,1-4H3;1H/q+1;/p-1. The highest BCUT2D eigenvalue weighted by Crippen LogP contribution is 2.27. The van der Waals surface area contributed by atoms with Gasteiger partial charge in [-0.2, -0.15) is 0 Å². The van der Waals surface area contributed by atoms with Gasteiger partial charge in [0, 0.05) is 12.1 Å². The van der Waals surface area contributed by atoms with E-state index < -0.39 is 5.60 Å². The van der Waals surface area contributed by atoms with Crippen molar-refractivity contribution in [2.45, 2.75) is 26.4 Å². The molecule has 0 spiro atoms. The minimum absolute atomic E-state index is 0. The molecule has 0 aliphatic carbocycles. The zero-order valence-electron chi connectivity index (χ0n) is 9.16. The van der Waals surface area contributed by atoms with Gasteiger partial charge in [0.25, 0.3) is 0 Å². The molecule has 1 N–H and O–H groups in total. The van der Waals surface area contributed by atoms with Crippen molar-refractivity contribution in [3.63, 3.8) is 0 Å². The van der Waals surface area contributed by atoms with Crippen LogP contribution in [0.25, 0.3) is 0 Å². The molecule has 1 heterocycles. The number of nitrogens with zero attached hydrogens (tertiary/aromatic N) is 1. The molecule has 0 aliphatic rings. The summed E-state index contributed by atoms with van der Waals surface area (Å²) in [7, 11) is 1.97. The second-order valence-corrected chi connectivity index (χ2v) is 4.05. The van der Waals surface area contributed by atoms with E-state index in [1.807, 2.05) is 56.9 Å². The van der Waals surface area contributed by atoms with Gasteiger partial charge in [-0.3, -0.25) is 0 Å². The van der Waals surface area contributed by atoms with E-state index in [9.17, 15) is 5.11 Å². The summed E-state index contributed by atoms with van der Waals surface area (Å²) in [5.74, 6) is 0.222. The van der Waals surface area contributed by atoms with Gasteiger partial charge in [-0.1, -0.05) is 13.8 Å². The van der Waals surface area contributed by atoms with Crippen molar-refractivity contribution in [1.82, 2.24) is 0 Å². The van der Waals surface area contributed by atoms with Crippen molar-refractivity contribution in [2.75, 3.05) is 0 Å². The van der Waals surface area contributed by atoms with Crippen molar-refractivity contribution in [3.05, 3.63) is 30.1 Å². The van der Waals surface area contributed by atoms with Crippen LogP contribution in [0.3, 0.4) is 0 Å². The Morgan fingerprint density at radius 2 is 1.71 bits per heavy atom. The minimum Gasteiger partial charge on any atom is -1.00 e. The number of hydrogen-bond donors (Lipinski definition) is 1. The topological polar surface area (TPSA) is 24.1 Å². The van der Waals surface area contributed by atoms with Gasteiger partial charge in [0.05, 0.1) is 5.60 Å². The van der Waals surface area contributed by atoms with E-state index >= 15 is 0 Å². The maximum absolute atomic E-state index is 10.1. The summed E-state index contributed by atoms with van der Waals surface area (Å²) in [6, 6.07) is 3.92. The van der Waals surface area contributed by atoms with E-state index in [4.69, 9.17) is 0 Å². The highest BCUT2D eigenvalue weighted by atomic mass is 127. The molecule has 0 bridgehead atoms. The first-order valence-corrected chi connectivity index (χ1v) is 4.62. The second-order valence-electron chi connectivity index (χ2n) is 4.05. The van der Waals surface area contributed by atoms with Crippen LogP contribution in [0.15, 0.2) is 24.5 Å². The first kappa shape index (κ1) is 13.8. The summed E-state index contributed by atoms with van der Waals surface area (Å²) < 4.78 is 1.96. The maximum Gasteiger partial charge on any atom is 0.168 e. The second kappa shape index (κ2) is 5.07. The smallest absolute Gasteiger partial charge is 0.168 e. The van der Waals surface area contributed by atoms with Crippen molar-refractivity contribution < 1.29 is 33.7 Å². The normalized spacial score (nSPS) is 14.7. The van der Waals surface area contributed by atoms with Gasteiger partial charge in [0.15, 0.2) is 12.4 Å². The van der Waals surface area contributed by atoms with Crippen LogP contribution in [0.2, 0.25) is 0 Å². The molecule has 80 valence electrons. The molecule has 0 saturated heterocycles. The number of hydrogen-bond acceptors (Lipinski definition) is 1. The molecule has 0 aliphatic heterocycles. The first-order valence-electron chi connectivity index (χ1n) is 4.62. The van der Waals surface area contributed by atoms with Gasteiger partial charge in [-0.05, 0) is 18.4 Å². The lowest BCUT2D eigenvalue weighted by Gasteiger charge is -2.27. The Labute approximate surface area is 103 Å². The lowest BCUT2D eigenvalue weighted by Crippen LogP contribution is -3.00. The van der Waals surface area contributed by atoms with Crippen LogP contribution in [0.4, 0.5) is 0 Å². The van der Waals surface area contributed by atoms with Crippen LogP contribution in [-0.4, -0.2) is 5.11 Å². The largest absolute Gasteiger partial charge is 1.00 e. The third kappa shape index (κ3) is 2.92. The lowest BCUT2D eigenvalue weighted by molar-refractivity contribution is -0.671. The molecular weight excluding hydrogens is 289 g/mol. The molecular formula is C11H18INO. The molecule has 1 aromatic rings. The van der Waals surface area contributed by atoms with Crippen LogP contribution in [-0.2, 0) is 12.6 Å². The Balaban J connectivity index is 0.00000169. The van der Waals surface area contributed by atoms with Crippen LogP contribution >= 0.6 is 0 Å². The van der Waals surface area contributed by atoms with Gasteiger partial charge in [0.1, 0.15) is 7.05 Å². The average molecular weight is 307 g/mol. The van der Waals surface area contributed by atoms with Crippen LogP contribution in [0, 0.1) is 5.92 Å². The number of rotatable bonds is 2. The summed E-state index contributed by atoms with van der Waals surface area (Å²) in [5.41, 5.74) is 0.245. The van der Waals surface area contributed by atoms with Gasteiger partial charge >= 0.3 is 0 Å². The fraction of sp³-hybridized carbons (Fsp3) is 0.545. The Morgan fingerprint density at radius 3 is 2.07 bits per heavy atom. The minimum atomic E-state index is -0.728. The fourth-order valence-electron chi connectivity index (χ4n) is 1.17. The van der Waals surface area contributed by atoms with Gasteiger partial charge < -0.3 is 29.1 Å². The Morgan fingerprint density at radius 1 is 1.29 bits per heavy atom. The SMILES string of the molecule is CC(C)C(C)(O)c1cc[n+](C)cc1.[I-]. The van der Waals surface area contributed by atoms with Gasteiger partial charge in [0.2, 0.25) is 0 Å². The van der Waals surface area contributed by atoms with Crippen molar-refractivity contribution >= 4 is 0 Å². The van der Waals surface area contributed by atoms with Crippen molar-refractivity contribution in [2.24, 2.45) is 13.0 Å². The van der Waals surface area contributed by atoms with Gasteiger partial charge in [-0.15, -0.1) is 0 Å². The van der Waals surface area contributed by atoms with Gasteiger partial charge in [-0.25, -0.2) is 4.57 Å². The number of aromatic nitrogens is 1. The third-order valence-corrected chi connectivity index (χ3v) is 2.69. The van der Waals surface area contributed by atoms with E-state index in [1.165, 1.54) is 0 Å². The van der Waals surface area contributed by atoms with Crippen molar-refractivity contribution in [3.8, 4) is 0 Å². The van der Waals surface area contributed by atoms with E-state index in [-0.39, 0.29) is 29.9 Å². The summed E-state index contributed by atoms with van der Waals surface area (Å²) in [5, 5.41) is 10.1. The van der Waals surface area contributed by atoms with E-state index in [0.717, 1.165) is 5.56 Å². The third-order valence-electron chi connectivity index (χ3n) is 2.69. The van der Waals surface area contributed by atoms with E-state index in [2.05, 4.69) is 0 Å². The Hall–Kier alpha value is -0.160. The number of aliphatic hydroxyl groups is 1. The molecule has 1 rings (SSSR count). The van der Waals surface area contributed by atoms with Crippen LogP contribution in [0.1, 0.15) is 26.3 Å². The quantitative estimate of drug-likeness (QED) is 0.515. The average Bonchev–Trinajstić information content (AvgIpc) is 2.04. The van der Waals surface area contributed by atoms with E-state index in [0.29, 0.717) is 0 Å². The zero-order valence-corrected chi connectivity index (χ0v) is 11.3. The molecule has 0 radical (unpaired) electrons. The highest BCUT2D eigenvalue weighted by molar-refractivity contribution is 5.16. The number of pyridine rings is 1. The predicted octanol–water partition coefficient (Wildman–Crippen LogP) is -1.62. The summed E-state index contributed by atoms with van der Waals surface area (Å²) in [6.07, 6.45) is 3.90. The highest BCUT2D eigenvalue weighted by Gasteiger charge is 2.27. The summed E-state index contributed by atoms with van der Waals surface area (Å²) in [6.45, 7) is 5.90. The molecule has 1 aromatic heterocycles. The van der Waals surface area contributed by atoms with Crippen LogP contribution in [0.5, 0.6) is 0 Å². The Kier molecular flexibility index (Phi) is 5.01. The fourth-order valence-corrected chi connectivity index (χ4v) is 1.17. The predicted molar refractivity (Wildman–Crippen MR) is 52.0 cm³/mol. The summed E-state index contributed by atoms with van der Waals surface area (Å²) >= 11 is 0. The molecule has 0 aromatic carbocycles. The molecule has 1 atom stereocenters. The lowest BCUT2D eigenvalue weighted by atomic mass is 9.86. The monoisotopic (exact) mass is 307 g/mol. The first-order chi connectivity index (χ1) is 5.94. The Bertz CT molecular complexity index is 280. The molecule has 0 saturated carbocycles. The summed E-state index contributed by atoms with van der Waals surface area (Å²) in [4.78, 5) is 0. The number of aryl methyl sites for hydroxylation is 1. The number of halogens is 1. The zero-order chi connectivity index (χ0) is 10.1. The molecule has 2 nitrogen and oxygen atoms in total. The van der Waals surface area contributed by atoms with E-state index in [1.54, 1.807) is 0 Å². The van der Waals surface area contributed by atoms with Crippen LogP contribution < -0.4 is 28.5 Å². The molecule has 14 heavy (non-hydrogen) atoms. The van der Waals surface area contributed by atoms with Crippen molar-refractivity contribution in [1.29, 1.82) is 0 Å².